The van der Waals surface area contributed by atoms with Crippen molar-refractivity contribution in [3.05, 3.63) is 114 Å². The van der Waals surface area contributed by atoms with E-state index in [4.69, 9.17) is 4.74 Å². The van der Waals surface area contributed by atoms with Gasteiger partial charge in [0, 0.05) is 24.8 Å². The van der Waals surface area contributed by atoms with Crippen LogP contribution in [0.3, 0.4) is 0 Å². The van der Waals surface area contributed by atoms with Gasteiger partial charge < -0.3 is 20.4 Å². The summed E-state index contributed by atoms with van der Waals surface area (Å²) in [5.74, 6) is 0.486. The lowest BCUT2D eigenvalue weighted by atomic mass is 10.1. The SMILES string of the molecule is COC(=O)c1ccc(CNCc2ccc(-c3cc4c(N[C@H](C)c5ccccc5)ncnc4[nH]3)cc2)cc1. The number of rotatable bonds is 9. The molecule has 186 valence electrons. The average Bonchev–Trinajstić information content (AvgIpc) is 3.39. The van der Waals surface area contributed by atoms with E-state index in [0.29, 0.717) is 12.1 Å². The van der Waals surface area contributed by atoms with Crippen LogP contribution in [0.5, 0.6) is 0 Å². The molecule has 5 rings (SSSR count). The Morgan fingerprint density at radius 3 is 2.27 bits per heavy atom. The van der Waals surface area contributed by atoms with Crippen LogP contribution in [0.2, 0.25) is 0 Å². The van der Waals surface area contributed by atoms with Crippen molar-refractivity contribution in [3.63, 3.8) is 0 Å². The van der Waals surface area contributed by atoms with Crippen LogP contribution in [0.4, 0.5) is 5.82 Å². The van der Waals surface area contributed by atoms with Crippen molar-refractivity contribution in [2.45, 2.75) is 26.1 Å². The molecule has 0 saturated heterocycles. The molecule has 2 aromatic heterocycles. The quantitative estimate of drug-likeness (QED) is 0.223. The molecule has 0 aliphatic rings. The van der Waals surface area contributed by atoms with Crippen molar-refractivity contribution in [1.29, 1.82) is 0 Å². The highest BCUT2D eigenvalue weighted by molar-refractivity contribution is 5.91. The van der Waals surface area contributed by atoms with Gasteiger partial charge in [-0.1, -0.05) is 66.7 Å². The van der Waals surface area contributed by atoms with Crippen LogP contribution in [0.1, 0.15) is 40.0 Å². The van der Waals surface area contributed by atoms with Crippen LogP contribution in [0.25, 0.3) is 22.3 Å². The van der Waals surface area contributed by atoms with Crippen molar-refractivity contribution < 1.29 is 9.53 Å². The minimum absolute atomic E-state index is 0.121. The van der Waals surface area contributed by atoms with Gasteiger partial charge in [0.25, 0.3) is 0 Å². The summed E-state index contributed by atoms with van der Waals surface area (Å²) in [6.45, 7) is 3.57. The van der Waals surface area contributed by atoms with Gasteiger partial charge in [-0.15, -0.1) is 0 Å². The first-order chi connectivity index (χ1) is 18.1. The minimum Gasteiger partial charge on any atom is -0.465 e. The average molecular weight is 492 g/mol. The number of hydrogen-bond donors (Lipinski definition) is 3. The Balaban J connectivity index is 1.23. The van der Waals surface area contributed by atoms with Gasteiger partial charge in [-0.3, -0.25) is 0 Å². The summed E-state index contributed by atoms with van der Waals surface area (Å²) in [6.07, 6.45) is 1.58. The number of benzene rings is 3. The number of ether oxygens (including phenoxy) is 1. The lowest BCUT2D eigenvalue weighted by molar-refractivity contribution is 0.0600. The predicted molar refractivity (Wildman–Crippen MR) is 146 cm³/mol. The summed E-state index contributed by atoms with van der Waals surface area (Å²) in [7, 11) is 1.39. The topological polar surface area (TPSA) is 91.9 Å². The molecule has 2 heterocycles. The fourth-order valence-electron chi connectivity index (χ4n) is 4.27. The summed E-state index contributed by atoms with van der Waals surface area (Å²) in [5.41, 5.74) is 6.93. The Morgan fingerprint density at radius 2 is 1.59 bits per heavy atom. The molecule has 5 aromatic rings. The normalized spacial score (nSPS) is 11.8. The third-order valence-corrected chi connectivity index (χ3v) is 6.38. The highest BCUT2D eigenvalue weighted by Crippen LogP contribution is 2.29. The molecule has 0 fully saturated rings. The van der Waals surface area contributed by atoms with Crippen molar-refractivity contribution in [1.82, 2.24) is 20.3 Å². The monoisotopic (exact) mass is 491 g/mol. The zero-order chi connectivity index (χ0) is 25.6. The van der Waals surface area contributed by atoms with Gasteiger partial charge in [0.05, 0.1) is 18.1 Å². The van der Waals surface area contributed by atoms with E-state index in [-0.39, 0.29) is 12.0 Å². The van der Waals surface area contributed by atoms with E-state index in [2.05, 4.69) is 75.0 Å². The maximum atomic E-state index is 11.6. The standard InChI is InChI=1S/C30H29N5O2/c1-20(23-6-4-3-5-7-23)34-28-26-16-27(35-29(26)33-19-32-28)24-12-8-21(9-13-24)17-31-18-22-10-14-25(15-11-22)30(36)37-2/h3-16,19-20,31H,17-18H2,1-2H3,(H2,32,33,34,35)/t20-/m1/s1. The number of aromatic nitrogens is 3. The van der Waals surface area contributed by atoms with E-state index < -0.39 is 0 Å². The Hall–Kier alpha value is -4.49. The first kappa shape index (κ1) is 24.2. The molecule has 3 aromatic carbocycles. The van der Waals surface area contributed by atoms with Gasteiger partial charge in [0.15, 0.2) is 0 Å². The third-order valence-electron chi connectivity index (χ3n) is 6.38. The number of H-pyrrole nitrogens is 1. The lowest BCUT2D eigenvalue weighted by Gasteiger charge is -2.15. The summed E-state index contributed by atoms with van der Waals surface area (Å²) in [4.78, 5) is 23.9. The van der Waals surface area contributed by atoms with E-state index in [1.165, 1.54) is 18.2 Å². The number of fused-ring (bicyclic) bond motifs is 1. The molecule has 0 amide bonds. The van der Waals surface area contributed by atoms with E-state index >= 15 is 0 Å². The molecular weight excluding hydrogens is 462 g/mol. The number of esters is 1. The molecule has 0 bridgehead atoms. The van der Waals surface area contributed by atoms with Crippen molar-refractivity contribution in [3.8, 4) is 11.3 Å². The maximum Gasteiger partial charge on any atom is 0.337 e. The highest BCUT2D eigenvalue weighted by Gasteiger charge is 2.12. The molecule has 3 N–H and O–H groups in total. The minimum atomic E-state index is -0.323. The smallest absolute Gasteiger partial charge is 0.337 e. The Morgan fingerprint density at radius 1 is 0.919 bits per heavy atom. The maximum absolute atomic E-state index is 11.6. The van der Waals surface area contributed by atoms with Crippen LogP contribution >= 0.6 is 0 Å². The Kier molecular flexibility index (Phi) is 7.23. The zero-order valence-corrected chi connectivity index (χ0v) is 20.9. The van der Waals surface area contributed by atoms with Crippen LogP contribution in [0, 0.1) is 0 Å². The van der Waals surface area contributed by atoms with Gasteiger partial charge in [-0.2, -0.15) is 0 Å². The summed E-state index contributed by atoms with van der Waals surface area (Å²) < 4.78 is 4.74. The second-order valence-electron chi connectivity index (χ2n) is 8.93. The molecule has 0 saturated carbocycles. The predicted octanol–water partition coefficient (Wildman–Crippen LogP) is 5.87. The van der Waals surface area contributed by atoms with Gasteiger partial charge in [-0.25, -0.2) is 14.8 Å². The first-order valence-corrected chi connectivity index (χ1v) is 12.2. The van der Waals surface area contributed by atoms with Gasteiger partial charge in [-0.05, 0) is 47.4 Å². The molecule has 7 nitrogen and oxygen atoms in total. The largest absolute Gasteiger partial charge is 0.465 e. The van der Waals surface area contributed by atoms with Gasteiger partial charge in [0.2, 0.25) is 0 Å². The lowest BCUT2D eigenvalue weighted by Crippen LogP contribution is -2.12. The second kappa shape index (κ2) is 11.1. The molecule has 0 radical (unpaired) electrons. The number of nitrogens with zero attached hydrogens (tertiary/aromatic N) is 2. The number of carbonyl (C=O) groups excluding carboxylic acids is 1. The fourth-order valence-corrected chi connectivity index (χ4v) is 4.27. The molecule has 0 aliphatic heterocycles. The number of methoxy groups -OCH3 is 1. The number of carbonyl (C=O) groups is 1. The zero-order valence-electron chi connectivity index (χ0n) is 20.9. The molecular formula is C30H29N5O2. The molecule has 0 unspecified atom stereocenters. The number of anilines is 1. The van der Waals surface area contributed by atoms with Gasteiger partial charge >= 0.3 is 5.97 Å². The van der Waals surface area contributed by atoms with Crippen molar-refractivity contribution in [2.75, 3.05) is 12.4 Å². The molecule has 1 atom stereocenters. The van der Waals surface area contributed by atoms with Crippen molar-refractivity contribution >= 4 is 22.8 Å². The molecule has 7 heteroatoms. The summed E-state index contributed by atoms with van der Waals surface area (Å²) in [5, 5.41) is 7.93. The number of aromatic amines is 1. The van der Waals surface area contributed by atoms with Crippen LogP contribution in [0.15, 0.2) is 91.3 Å². The number of hydrogen-bond acceptors (Lipinski definition) is 6. The van der Waals surface area contributed by atoms with Crippen molar-refractivity contribution in [2.24, 2.45) is 0 Å². The van der Waals surface area contributed by atoms with E-state index in [1.807, 2.05) is 30.3 Å². The molecule has 0 aliphatic carbocycles. The molecule has 37 heavy (non-hydrogen) atoms. The second-order valence-corrected chi connectivity index (χ2v) is 8.93. The summed E-state index contributed by atoms with van der Waals surface area (Å²) in [6, 6.07) is 28.4. The fraction of sp³-hybridized carbons (Fsp3) is 0.167. The Labute approximate surface area is 215 Å². The van der Waals surface area contributed by atoms with E-state index in [1.54, 1.807) is 18.5 Å². The molecule has 0 spiro atoms. The van der Waals surface area contributed by atoms with Crippen LogP contribution in [-0.2, 0) is 17.8 Å². The number of nitrogens with one attached hydrogen (secondary N) is 3. The summed E-state index contributed by atoms with van der Waals surface area (Å²) >= 11 is 0. The van der Waals surface area contributed by atoms with Gasteiger partial charge in [0.1, 0.15) is 17.8 Å². The van der Waals surface area contributed by atoms with Crippen LogP contribution < -0.4 is 10.6 Å². The highest BCUT2D eigenvalue weighted by atomic mass is 16.5. The van der Waals surface area contributed by atoms with Crippen LogP contribution in [-0.4, -0.2) is 28.0 Å². The van der Waals surface area contributed by atoms with E-state index in [0.717, 1.165) is 40.2 Å². The van der Waals surface area contributed by atoms with E-state index in [9.17, 15) is 4.79 Å². The Bertz CT molecular complexity index is 1480. The first-order valence-electron chi connectivity index (χ1n) is 12.2. The third kappa shape index (κ3) is 5.68.